The SMILES string of the molecule is CCCCCCCCOC(O)COCCOCCOCCOCCOCCOCCOCCO. The number of unbranched alkanes of at least 4 members (excludes halogenated alkanes) is 5. The lowest BCUT2D eigenvalue weighted by Crippen LogP contribution is -2.21. The molecule has 34 heavy (non-hydrogen) atoms. The van der Waals surface area contributed by atoms with Gasteiger partial charge in [-0.05, 0) is 6.42 Å². The van der Waals surface area contributed by atoms with E-state index in [1.807, 2.05) is 0 Å². The molecule has 0 aromatic heterocycles. The second-order valence-corrected chi connectivity index (χ2v) is 7.57. The number of hydrogen-bond acceptors (Lipinski definition) is 10. The Labute approximate surface area is 206 Å². The molecule has 0 spiro atoms. The minimum Gasteiger partial charge on any atom is -0.394 e. The van der Waals surface area contributed by atoms with Crippen LogP contribution < -0.4 is 0 Å². The van der Waals surface area contributed by atoms with Crippen molar-refractivity contribution in [1.82, 2.24) is 0 Å². The van der Waals surface area contributed by atoms with Crippen molar-refractivity contribution in [3.05, 3.63) is 0 Å². The Morgan fingerprint density at radius 3 is 1.29 bits per heavy atom. The molecule has 0 saturated heterocycles. The average molecular weight is 499 g/mol. The van der Waals surface area contributed by atoms with E-state index in [1.165, 1.54) is 25.7 Å². The molecule has 0 aliphatic rings. The predicted octanol–water partition coefficient (Wildman–Crippen LogP) is 1.79. The zero-order valence-electron chi connectivity index (χ0n) is 21.3. The lowest BCUT2D eigenvalue weighted by molar-refractivity contribution is -0.141. The summed E-state index contributed by atoms with van der Waals surface area (Å²) >= 11 is 0. The number of ether oxygens (including phenoxy) is 8. The largest absolute Gasteiger partial charge is 0.394 e. The van der Waals surface area contributed by atoms with Crippen LogP contribution >= 0.6 is 0 Å². The number of aliphatic hydroxyl groups excluding tert-OH is 2. The molecule has 0 aromatic rings. The van der Waals surface area contributed by atoms with Gasteiger partial charge in [-0.3, -0.25) is 0 Å². The van der Waals surface area contributed by atoms with Crippen molar-refractivity contribution in [2.75, 3.05) is 106 Å². The van der Waals surface area contributed by atoms with Crippen molar-refractivity contribution in [3.8, 4) is 0 Å². The van der Waals surface area contributed by atoms with Gasteiger partial charge < -0.3 is 48.1 Å². The molecule has 0 saturated carbocycles. The van der Waals surface area contributed by atoms with Crippen LogP contribution in [0.25, 0.3) is 0 Å². The molecule has 0 fully saturated rings. The van der Waals surface area contributed by atoms with Gasteiger partial charge in [0.2, 0.25) is 0 Å². The molecule has 206 valence electrons. The first-order valence-electron chi connectivity index (χ1n) is 12.8. The number of hydrogen-bond donors (Lipinski definition) is 2. The highest BCUT2D eigenvalue weighted by Crippen LogP contribution is 2.05. The van der Waals surface area contributed by atoms with Gasteiger partial charge in [0.05, 0.1) is 99.1 Å². The normalized spacial score (nSPS) is 12.4. The maximum absolute atomic E-state index is 9.70. The molecule has 1 atom stereocenters. The Morgan fingerprint density at radius 1 is 0.471 bits per heavy atom. The summed E-state index contributed by atoms with van der Waals surface area (Å²) in [6.45, 7) is 9.11. The molecule has 0 radical (unpaired) electrons. The Balaban J connectivity index is 3.09. The first-order valence-corrected chi connectivity index (χ1v) is 12.8. The molecule has 0 aliphatic carbocycles. The molecule has 0 rings (SSSR count). The van der Waals surface area contributed by atoms with Crippen LogP contribution in [0.4, 0.5) is 0 Å². The van der Waals surface area contributed by atoms with E-state index >= 15 is 0 Å². The molecule has 2 N–H and O–H groups in total. The van der Waals surface area contributed by atoms with Crippen LogP contribution in [-0.2, 0) is 37.9 Å². The molecule has 0 amide bonds. The van der Waals surface area contributed by atoms with Crippen molar-refractivity contribution in [2.45, 2.75) is 51.7 Å². The van der Waals surface area contributed by atoms with Gasteiger partial charge in [-0.15, -0.1) is 0 Å². The van der Waals surface area contributed by atoms with E-state index in [0.717, 1.165) is 12.8 Å². The fourth-order valence-electron chi connectivity index (χ4n) is 2.72. The fraction of sp³-hybridized carbons (Fsp3) is 1.00. The van der Waals surface area contributed by atoms with E-state index in [9.17, 15) is 5.11 Å². The van der Waals surface area contributed by atoms with Crippen molar-refractivity contribution < 1.29 is 48.1 Å². The van der Waals surface area contributed by atoms with Crippen molar-refractivity contribution >= 4 is 0 Å². The summed E-state index contributed by atoms with van der Waals surface area (Å²) in [7, 11) is 0. The van der Waals surface area contributed by atoms with Gasteiger partial charge in [0.25, 0.3) is 0 Å². The zero-order valence-corrected chi connectivity index (χ0v) is 21.3. The maximum atomic E-state index is 9.70. The summed E-state index contributed by atoms with van der Waals surface area (Å²) in [5, 5.41) is 18.3. The van der Waals surface area contributed by atoms with Gasteiger partial charge in [-0.1, -0.05) is 39.0 Å². The molecule has 10 heteroatoms. The molecule has 1 unspecified atom stereocenters. The molecular weight excluding hydrogens is 448 g/mol. The highest BCUT2D eigenvalue weighted by atomic mass is 16.6. The minimum absolute atomic E-state index is 0.0276. The highest BCUT2D eigenvalue weighted by Gasteiger charge is 2.04. The highest BCUT2D eigenvalue weighted by molar-refractivity contribution is 4.45. The summed E-state index contributed by atoms with van der Waals surface area (Å²) in [5.74, 6) is 0. The predicted molar refractivity (Wildman–Crippen MR) is 128 cm³/mol. The zero-order chi connectivity index (χ0) is 24.8. The van der Waals surface area contributed by atoms with Crippen LogP contribution in [0.15, 0.2) is 0 Å². The Kier molecular flexibility index (Phi) is 30.3. The molecule has 10 nitrogen and oxygen atoms in total. The molecule has 0 aliphatic heterocycles. The second-order valence-electron chi connectivity index (χ2n) is 7.57. The van der Waals surface area contributed by atoms with Crippen LogP contribution in [0.1, 0.15) is 45.4 Å². The molecule has 0 aromatic carbocycles. The van der Waals surface area contributed by atoms with Crippen LogP contribution in [-0.4, -0.2) is 122 Å². The average Bonchev–Trinajstić information content (AvgIpc) is 2.84. The van der Waals surface area contributed by atoms with E-state index < -0.39 is 6.29 Å². The van der Waals surface area contributed by atoms with Crippen LogP contribution in [0, 0.1) is 0 Å². The lowest BCUT2D eigenvalue weighted by atomic mass is 10.1. The van der Waals surface area contributed by atoms with E-state index in [0.29, 0.717) is 92.5 Å². The van der Waals surface area contributed by atoms with Gasteiger partial charge in [0.15, 0.2) is 6.29 Å². The smallest absolute Gasteiger partial charge is 0.178 e. The summed E-state index contributed by atoms with van der Waals surface area (Å²) in [6.07, 6.45) is 6.29. The molecular formula is C24H50O10. The Hall–Kier alpha value is -0.400. The standard InChI is InChI=1S/C24H50O10/c1-2-3-4-5-6-7-9-34-24(26)23-33-22-21-32-20-19-31-18-17-30-16-15-29-14-13-28-12-11-27-10-8-25/h24-26H,2-23H2,1H3. The monoisotopic (exact) mass is 498 g/mol. The van der Waals surface area contributed by atoms with Gasteiger partial charge in [0.1, 0.15) is 0 Å². The summed E-state index contributed by atoms with van der Waals surface area (Å²) in [4.78, 5) is 0. The van der Waals surface area contributed by atoms with E-state index in [-0.39, 0.29) is 13.2 Å². The van der Waals surface area contributed by atoms with E-state index in [4.69, 9.17) is 43.0 Å². The van der Waals surface area contributed by atoms with E-state index in [2.05, 4.69) is 6.92 Å². The second kappa shape index (κ2) is 30.6. The lowest BCUT2D eigenvalue weighted by Gasteiger charge is -2.12. The third-order valence-electron chi connectivity index (χ3n) is 4.54. The quantitative estimate of drug-likeness (QED) is 0.112. The van der Waals surface area contributed by atoms with Crippen molar-refractivity contribution in [2.24, 2.45) is 0 Å². The summed E-state index contributed by atoms with van der Waals surface area (Å²) in [5.41, 5.74) is 0. The third-order valence-corrected chi connectivity index (χ3v) is 4.54. The summed E-state index contributed by atoms with van der Waals surface area (Å²) in [6, 6.07) is 0. The van der Waals surface area contributed by atoms with E-state index in [1.54, 1.807) is 0 Å². The third kappa shape index (κ3) is 29.6. The van der Waals surface area contributed by atoms with Crippen LogP contribution in [0.3, 0.4) is 0 Å². The molecule has 0 heterocycles. The Bertz CT molecular complexity index is 363. The first-order chi connectivity index (χ1) is 16.8. The number of rotatable bonds is 30. The van der Waals surface area contributed by atoms with Gasteiger partial charge in [-0.2, -0.15) is 0 Å². The number of aliphatic hydroxyl groups is 2. The topological polar surface area (TPSA) is 114 Å². The minimum atomic E-state index is -0.874. The van der Waals surface area contributed by atoms with Gasteiger partial charge >= 0.3 is 0 Å². The fourth-order valence-corrected chi connectivity index (χ4v) is 2.72. The maximum Gasteiger partial charge on any atom is 0.178 e. The molecule has 0 bridgehead atoms. The van der Waals surface area contributed by atoms with Crippen LogP contribution in [0.2, 0.25) is 0 Å². The van der Waals surface area contributed by atoms with Gasteiger partial charge in [-0.25, -0.2) is 0 Å². The Morgan fingerprint density at radius 2 is 0.853 bits per heavy atom. The van der Waals surface area contributed by atoms with Crippen LogP contribution in [0.5, 0.6) is 0 Å². The summed E-state index contributed by atoms with van der Waals surface area (Å²) < 4.78 is 42.7. The first kappa shape index (κ1) is 33.6. The van der Waals surface area contributed by atoms with Gasteiger partial charge in [0, 0.05) is 6.61 Å². The van der Waals surface area contributed by atoms with Crippen molar-refractivity contribution in [3.63, 3.8) is 0 Å². The van der Waals surface area contributed by atoms with Crippen molar-refractivity contribution in [1.29, 1.82) is 0 Å².